The van der Waals surface area contributed by atoms with Gasteiger partial charge in [-0.25, -0.2) is 0 Å². The number of carbonyl (C=O) groups is 1. The molecule has 0 aliphatic rings. The van der Waals surface area contributed by atoms with E-state index in [1.807, 2.05) is 19.9 Å². The summed E-state index contributed by atoms with van der Waals surface area (Å²) in [4.78, 5) is 12.0. The Hall–Kier alpha value is -1.75. The van der Waals surface area contributed by atoms with Gasteiger partial charge < -0.3 is 20.5 Å². The summed E-state index contributed by atoms with van der Waals surface area (Å²) in [6, 6.07) is 5.43. The molecule has 1 aromatic carbocycles. The third kappa shape index (κ3) is 4.13. The highest BCUT2D eigenvalue weighted by atomic mass is 16.5. The maximum absolute atomic E-state index is 12.0. The zero-order chi connectivity index (χ0) is 14.5. The van der Waals surface area contributed by atoms with Gasteiger partial charge in [0.2, 0.25) is 5.91 Å². The van der Waals surface area contributed by atoms with Crippen LogP contribution in [-0.4, -0.2) is 32.2 Å². The minimum atomic E-state index is -0.424. The molecule has 0 fully saturated rings. The second-order valence-corrected chi connectivity index (χ2v) is 4.95. The van der Waals surface area contributed by atoms with Gasteiger partial charge in [-0.1, -0.05) is 6.07 Å². The Morgan fingerprint density at radius 3 is 2.21 bits per heavy atom. The molecule has 0 aliphatic carbocycles. The van der Waals surface area contributed by atoms with Gasteiger partial charge in [0.1, 0.15) is 11.5 Å². The van der Waals surface area contributed by atoms with Gasteiger partial charge in [0.15, 0.2) is 0 Å². The van der Waals surface area contributed by atoms with Crippen LogP contribution in [0.5, 0.6) is 11.5 Å². The van der Waals surface area contributed by atoms with Crippen LogP contribution in [0.3, 0.4) is 0 Å². The lowest BCUT2D eigenvalue weighted by molar-refractivity contribution is -0.121. The first-order valence-corrected chi connectivity index (χ1v) is 6.14. The number of amides is 1. The topological polar surface area (TPSA) is 73.6 Å². The van der Waals surface area contributed by atoms with E-state index in [0.717, 1.165) is 5.56 Å². The normalized spacial score (nSPS) is 11.0. The monoisotopic (exact) mass is 266 g/mol. The van der Waals surface area contributed by atoms with Gasteiger partial charge in [-0.2, -0.15) is 0 Å². The molecule has 0 aliphatic heterocycles. The molecule has 0 heterocycles. The summed E-state index contributed by atoms with van der Waals surface area (Å²) in [5.41, 5.74) is 5.91. The van der Waals surface area contributed by atoms with Crippen LogP contribution in [0.25, 0.3) is 0 Å². The summed E-state index contributed by atoms with van der Waals surface area (Å²) in [6.07, 6.45) is 0.191. The first kappa shape index (κ1) is 15.3. The number of ether oxygens (including phenoxy) is 2. The lowest BCUT2D eigenvalue weighted by Gasteiger charge is -2.24. The van der Waals surface area contributed by atoms with Crippen LogP contribution >= 0.6 is 0 Å². The Kier molecular flexibility index (Phi) is 5.18. The van der Waals surface area contributed by atoms with Crippen molar-refractivity contribution in [2.75, 3.05) is 20.8 Å². The van der Waals surface area contributed by atoms with E-state index >= 15 is 0 Å². The van der Waals surface area contributed by atoms with Crippen molar-refractivity contribution in [3.8, 4) is 11.5 Å². The van der Waals surface area contributed by atoms with Gasteiger partial charge in [-0.3, -0.25) is 4.79 Å². The van der Waals surface area contributed by atoms with Gasteiger partial charge in [-0.05, 0) is 26.0 Å². The fourth-order valence-electron chi connectivity index (χ4n) is 1.74. The molecule has 0 atom stereocenters. The SMILES string of the molecule is COc1cccc(OC)c1CC(=O)NC(C)(C)CN. The number of methoxy groups -OCH3 is 2. The van der Waals surface area contributed by atoms with Crippen molar-refractivity contribution in [2.45, 2.75) is 25.8 Å². The van der Waals surface area contributed by atoms with Crippen LogP contribution in [0.15, 0.2) is 18.2 Å². The van der Waals surface area contributed by atoms with Crippen molar-refractivity contribution in [3.05, 3.63) is 23.8 Å². The van der Waals surface area contributed by atoms with Crippen molar-refractivity contribution in [3.63, 3.8) is 0 Å². The van der Waals surface area contributed by atoms with Gasteiger partial charge >= 0.3 is 0 Å². The Labute approximate surface area is 114 Å². The van der Waals surface area contributed by atoms with Crippen LogP contribution in [0, 0.1) is 0 Å². The number of hydrogen-bond donors (Lipinski definition) is 2. The van der Waals surface area contributed by atoms with Gasteiger partial charge in [-0.15, -0.1) is 0 Å². The summed E-state index contributed by atoms with van der Waals surface area (Å²) >= 11 is 0. The highest BCUT2D eigenvalue weighted by Crippen LogP contribution is 2.28. The van der Waals surface area contributed by atoms with Crippen molar-refractivity contribution < 1.29 is 14.3 Å². The predicted molar refractivity (Wildman–Crippen MR) is 74.5 cm³/mol. The van der Waals surface area contributed by atoms with Crippen molar-refractivity contribution >= 4 is 5.91 Å². The van der Waals surface area contributed by atoms with E-state index < -0.39 is 5.54 Å². The first-order valence-electron chi connectivity index (χ1n) is 6.14. The van der Waals surface area contributed by atoms with Gasteiger partial charge in [0.05, 0.1) is 20.6 Å². The van der Waals surface area contributed by atoms with E-state index in [0.29, 0.717) is 18.0 Å². The Morgan fingerprint density at radius 2 is 1.79 bits per heavy atom. The van der Waals surface area contributed by atoms with Crippen LogP contribution < -0.4 is 20.5 Å². The summed E-state index contributed by atoms with van der Waals surface area (Å²) in [5, 5.41) is 2.88. The minimum absolute atomic E-state index is 0.113. The molecule has 5 nitrogen and oxygen atoms in total. The molecule has 106 valence electrons. The number of nitrogens with one attached hydrogen (secondary N) is 1. The molecule has 0 bridgehead atoms. The average Bonchev–Trinajstić information content (AvgIpc) is 2.38. The van der Waals surface area contributed by atoms with E-state index in [-0.39, 0.29) is 12.3 Å². The van der Waals surface area contributed by atoms with Crippen molar-refractivity contribution in [2.24, 2.45) is 5.73 Å². The highest BCUT2D eigenvalue weighted by Gasteiger charge is 2.20. The molecular weight excluding hydrogens is 244 g/mol. The number of nitrogens with two attached hydrogens (primary N) is 1. The quantitative estimate of drug-likeness (QED) is 0.808. The fourth-order valence-corrected chi connectivity index (χ4v) is 1.74. The van der Waals surface area contributed by atoms with Crippen molar-refractivity contribution in [1.82, 2.24) is 5.32 Å². The molecule has 1 aromatic rings. The molecule has 3 N–H and O–H groups in total. The summed E-state index contributed by atoms with van der Waals surface area (Å²) in [6.45, 7) is 4.14. The molecule has 1 amide bonds. The number of hydrogen-bond acceptors (Lipinski definition) is 4. The molecule has 0 saturated heterocycles. The predicted octanol–water partition coefficient (Wildman–Crippen LogP) is 1.10. The van der Waals surface area contributed by atoms with Gasteiger partial charge in [0, 0.05) is 17.6 Å². The Morgan fingerprint density at radius 1 is 1.26 bits per heavy atom. The molecule has 0 saturated carbocycles. The second kappa shape index (κ2) is 6.43. The van der Waals surface area contributed by atoms with Crippen LogP contribution in [-0.2, 0) is 11.2 Å². The molecule has 19 heavy (non-hydrogen) atoms. The standard InChI is InChI=1S/C14H22N2O3/c1-14(2,9-15)16-13(17)8-10-11(18-3)6-5-7-12(10)19-4/h5-7H,8-9,15H2,1-4H3,(H,16,17). The number of carbonyl (C=O) groups excluding carboxylic acids is 1. The maximum atomic E-state index is 12.0. The molecule has 0 aromatic heterocycles. The number of rotatable bonds is 6. The first-order chi connectivity index (χ1) is 8.93. The second-order valence-electron chi connectivity index (χ2n) is 4.95. The summed E-state index contributed by atoms with van der Waals surface area (Å²) in [7, 11) is 3.14. The van der Waals surface area contributed by atoms with E-state index in [1.165, 1.54) is 0 Å². The van der Waals surface area contributed by atoms with Crippen LogP contribution in [0.2, 0.25) is 0 Å². The maximum Gasteiger partial charge on any atom is 0.225 e. The average molecular weight is 266 g/mol. The lowest BCUT2D eigenvalue weighted by Crippen LogP contribution is -2.49. The number of benzene rings is 1. The third-order valence-electron chi connectivity index (χ3n) is 2.86. The van der Waals surface area contributed by atoms with Crippen molar-refractivity contribution in [1.29, 1.82) is 0 Å². The largest absolute Gasteiger partial charge is 0.496 e. The third-order valence-corrected chi connectivity index (χ3v) is 2.86. The van der Waals surface area contributed by atoms with E-state index in [4.69, 9.17) is 15.2 Å². The Bertz CT molecular complexity index is 422. The molecule has 0 unspecified atom stereocenters. The van der Waals surface area contributed by atoms with E-state index in [2.05, 4.69) is 5.32 Å². The molecule has 5 heteroatoms. The van der Waals surface area contributed by atoms with Gasteiger partial charge in [0.25, 0.3) is 0 Å². The van der Waals surface area contributed by atoms with E-state index in [9.17, 15) is 4.79 Å². The molecule has 1 rings (SSSR count). The summed E-state index contributed by atoms with van der Waals surface area (Å²) < 4.78 is 10.5. The van der Waals surface area contributed by atoms with E-state index in [1.54, 1.807) is 26.4 Å². The smallest absolute Gasteiger partial charge is 0.225 e. The summed E-state index contributed by atoms with van der Waals surface area (Å²) in [5.74, 6) is 1.17. The molecule has 0 spiro atoms. The Balaban J connectivity index is 2.89. The highest BCUT2D eigenvalue weighted by molar-refractivity contribution is 5.81. The fraction of sp³-hybridized carbons (Fsp3) is 0.500. The zero-order valence-electron chi connectivity index (χ0n) is 11.9. The minimum Gasteiger partial charge on any atom is -0.496 e. The zero-order valence-corrected chi connectivity index (χ0v) is 11.9. The van der Waals surface area contributed by atoms with Crippen LogP contribution in [0.4, 0.5) is 0 Å². The molecular formula is C14H22N2O3. The lowest BCUT2D eigenvalue weighted by atomic mass is 10.0. The van der Waals surface area contributed by atoms with Crippen LogP contribution in [0.1, 0.15) is 19.4 Å². The molecule has 0 radical (unpaired) electrons.